The monoisotopic (exact) mass is 284 g/mol. The average Bonchev–Trinajstić information content (AvgIpc) is 2.35. The van der Waals surface area contributed by atoms with Crippen LogP contribution in [0.4, 0.5) is 8.78 Å². The summed E-state index contributed by atoms with van der Waals surface area (Å²) in [5.41, 5.74) is 0.136. The van der Waals surface area contributed by atoms with Gasteiger partial charge < -0.3 is 9.84 Å². The Hall–Kier alpha value is -1.91. The first-order valence-electron chi connectivity index (χ1n) is 6.46. The quantitative estimate of drug-likeness (QED) is 0.773. The van der Waals surface area contributed by atoms with Gasteiger partial charge in [0, 0.05) is 6.08 Å². The van der Waals surface area contributed by atoms with E-state index < -0.39 is 23.4 Å². The summed E-state index contributed by atoms with van der Waals surface area (Å²) in [7, 11) is 0. The van der Waals surface area contributed by atoms with Crippen LogP contribution in [-0.4, -0.2) is 17.7 Å². The molecule has 0 amide bonds. The third-order valence-corrected chi connectivity index (χ3v) is 2.73. The average molecular weight is 284 g/mol. The summed E-state index contributed by atoms with van der Waals surface area (Å²) in [5, 5.41) is 8.46. The van der Waals surface area contributed by atoms with E-state index >= 15 is 0 Å². The number of carboxylic acid groups (broad SMARTS) is 1. The number of hydrogen-bond donors (Lipinski definition) is 1. The molecule has 0 spiro atoms. The van der Waals surface area contributed by atoms with Crippen molar-refractivity contribution in [2.24, 2.45) is 5.92 Å². The van der Waals surface area contributed by atoms with Crippen LogP contribution in [0.5, 0.6) is 5.75 Å². The molecule has 1 N–H and O–H groups in total. The van der Waals surface area contributed by atoms with Crippen molar-refractivity contribution in [1.29, 1.82) is 0 Å². The third kappa shape index (κ3) is 4.99. The molecule has 0 saturated carbocycles. The van der Waals surface area contributed by atoms with E-state index in [-0.39, 0.29) is 18.1 Å². The van der Waals surface area contributed by atoms with Crippen LogP contribution in [0.25, 0.3) is 6.08 Å². The van der Waals surface area contributed by atoms with Gasteiger partial charge in [0.25, 0.3) is 0 Å². The highest BCUT2D eigenvalue weighted by molar-refractivity contribution is 5.85. The number of ether oxygens (including phenoxy) is 1. The van der Waals surface area contributed by atoms with Gasteiger partial charge in [-0.05, 0) is 36.1 Å². The Labute approximate surface area is 116 Å². The van der Waals surface area contributed by atoms with Gasteiger partial charge in [-0.25, -0.2) is 13.6 Å². The van der Waals surface area contributed by atoms with E-state index in [9.17, 15) is 13.6 Å². The van der Waals surface area contributed by atoms with E-state index in [0.717, 1.165) is 37.1 Å². The summed E-state index contributed by atoms with van der Waals surface area (Å²) in [6, 6.07) is 2.09. The van der Waals surface area contributed by atoms with E-state index in [1.165, 1.54) is 0 Å². The van der Waals surface area contributed by atoms with Crippen LogP contribution in [0.2, 0.25) is 0 Å². The highest BCUT2D eigenvalue weighted by atomic mass is 19.1. The van der Waals surface area contributed by atoms with Crippen molar-refractivity contribution in [3.8, 4) is 5.75 Å². The van der Waals surface area contributed by atoms with Crippen LogP contribution >= 0.6 is 0 Å². The Bertz CT molecular complexity index is 475. The number of aliphatic carboxylic acids is 1. The Morgan fingerprint density at radius 3 is 2.50 bits per heavy atom. The largest absolute Gasteiger partial charge is 0.487 e. The van der Waals surface area contributed by atoms with Crippen molar-refractivity contribution in [1.82, 2.24) is 0 Å². The minimum Gasteiger partial charge on any atom is -0.487 e. The number of carboxylic acids is 1. The molecule has 0 aromatic heterocycles. The molecule has 0 aliphatic rings. The van der Waals surface area contributed by atoms with Crippen LogP contribution in [0.3, 0.4) is 0 Å². The molecule has 5 heteroatoms. The van der Waals surface area contributed by atoms with Gasteiger partial charge in [-0.3, -0.25) is 0 Å². The molecule has 1 rings (SSSR count). The molecule has 1 aromatic rings. The molecular formula is C15H18F2O3. The first kappa shape index (κ1) is 16.1. The zero-order valence-electron chi connectivity index (χ0n) is 11.5. The SMILES string of the molecule is CCCC(C)COc1c(F)cc(C=CC(=O)O)cc1F. The lowest BCUT2D eigenvalue weighted by Crippen LogP contribution is -2.10. The smallest absolute Gasteiger partial charge is 0.328 e. The lowest BCUT2D eigenvalue weighted by atomic mass is 10.1. The van der Waals surface area contributed by atoms with Crippen LogP contribution in [0, 0.1) is 17.6 Å². The predicted octanol–water partition coefficient (Wildman–Crippen LogP) is 3.88. The standard InChI is InChI=1S/C15H18F2O3/c1-3-4-10(2)9-20-15-12(16)7-11(8-13(15)17)5-6-14(18)19/h5-8,10H,3-4,9H2,1-2H3,(H,18,19). The second-order valence-corrected chi connectivity index (χ2v) is 4.69. The van der Waals surface area contributed by atoms with E-state index in [4.69, 9.17) is 9.84 Å². The van der Waals surface area contributed by atoms with Crippen molar-refractivity contribution in [2.75, 3.05) is 6.61 Å². The highest BCUT2D eigenvalue weighted by Crippen LogP contribution is 2.25. The van der Waals surface area contributed by atoms with Crippen molar-refractivity contribution in [3.05, 3.63) is 35.4 Å². The summed E-state index contributed by atoms with van der Waals surface area (Å²) in [5.74, 6) is -3.05. The first-order valence-corrected chi connectivity index (χ1v) is 6.46. The minimum atomic E-state index is -1.18. The molecular weight excluding hydrogens is 266 g/mol. The molecule has 0 heterocycles. The fraction of sp³-hybridized carbons (Fsp3) is 0.400. The zero-order valence-corrected chi connectivity index (χ0v) is 11.5. The van der Waals surface area contributed by atoms with Crippen LogP contribution in [0.1, 0.15) is 32.3 Å². The van der Waals surface area contributed by atoms with E-state index in [2.05, 4.69) is 0 Å². The summed E-state index contributed by atoms with van der Waals surface area (Å²) in [6.07, 6.45) is 3.84. The molecule has 1 unspecified atom stereocenters. The topological polar surface area (TPSA) is 46.5 Å². The Morgan fingerprint density at radius 1 is 1.40 bits per heavy atom. The van der Waals surface area contributed by atoms with Crippen LogP contribution < -0.4 is 4.74 Å². The maximum atomic E-state index is 13.7. The molecule has 3 nitrogen and oxygen atoms in total. The number of rotatable bonds is 7. The van der Waals surface area contributed by atoms with E-state index in [1.54, 1.807) is 0 Å². The summed E-state index contributed by atoms with van der Waals surface area (Å²) >= 11 is 0. The minimum absolute atomic E-state index is 0.136. The summed E-state index contributed by atoms with van der Waals surface area (Å²) < 4.78 is 32.6. The van der Waals surface area contributed by atoms with Crippen molar-refractivity contribution in [2.45, 2.75) is 26.7 Å². The Morgan fingerprint density at radius 2 is 2.00 bits per heavy atom. The normalized spacial score (nSPS) is 12.6. The first-order chi connectivity index (χ1) is 9.43. The molecule has 1 aromatic carbocycles. The van der Waals surface area contributed by atoms with E-state index in [0.29, 0.717) is 0 Å². The second-order valence-electron chi connectivity index (χ2n) is 4.69. The number of carbonyl (C=O) groups is 1. The number of benzene rings is 1. The number of halogens is 2. The highest BCUT2D eigenvalue weighted by Gasteiger charge is 2.13. The molecule has 110 valence electrons. The molecule has 0 saturated heterocycles. The fourth-order valence-corrected chi connectivity index (χ4v) is 1.78. The van der Waals surface area contributed by atoms with Gasteiger partial charge in [-0.1, -0.05) is 20.3 Å². The fourth-order valence-electron chi connectivity index (χ4n) is 1.78. The molecule has 1 atom stereocenters. The van der Waals surface area contributed by atoms with Gasteiger partial charge in [0.15, 0.2) is 17.4 Å². The van der Waals surface area contributed by atoms with Crippen molar-refractivity contribution in [3.63, 3.8) is 0 Å². The van der Waals surface area contributed by atoms with E-state index in [1.807, 2.05) is 13.8 Å². The summed E-state index contributed by atoms with van der Waals surface area (Å²) in [6.45, 7) is 4.22. The third-order valence-electron chi connectivity index (χ3n) is 2.73. The maximum Gasteiger partial charge on any atom is 0.328 e. The second kappa shape index (κ2) is 7.62. The zero-order chi connectivity index (χ0) is 15.1. The van der Waals surface area contributed by atoms with Gasteiger partial charge in [-0.2, -0.15) is 0 Å². The molecule has 0 bridgehead atoms. The van der Waals surface area contributed by atoms with Gasteiger partial charge in [0.05, 0.1) is 6.61 Å². The number of hydrogen-bond acceptors (Lipinski definition) is 2. The molecule has 0 aliphatic carbocycles. The van der Waals surface area contributed by atoms with Gasteiger partial charge >= 0.3 is 5.97 Å². The Kier molecular flexibility index (Phi) is 6.15. The van der Waals surface area contributed by atoms with Crippen LogP contribution in [-0.2, 0) is 4.79 Å². The Balaban J connectivity index is 2.81. The van der Waals surface area contributed by atoms with Crippen LogP contribution in [0.15, 0.2) is 18.2 Å². The lowest BCUT2D eigenvalue weighted by molar-refractivity contribution is -0.131. The molecule has 0 aliphatic heterocycles. The lowest BCUT2D eigenvalue weighted by Gasteiger charge is -2.13. The predicted molar refractivity (Wildman–Crippen MR) is 72.6 cm³/mol. The molecule has 20 heavy (non-hydrogen) atoms. The van der Waals surface area contributed by atoms with Crippen molar-refractivity contribution >= 4 is 12.0 Å². The molecule has 0 fully saturated rings. The molecule has 0 radical (unpaired) electrons. The summed E-state index contributed by atoms with van der Waals surface area (Å²) in [4.78, 5) is 10.3. The van der Waals surface area contributed by atoms with Crippen molar-refractivity contribution < 1.29 is 23.4 Å². The van der Waals surface area contributed by atoms with Gasteiger partial charge in [-0.15, -0.1) is 0 Å². The maximum absolute atomic E-state index is 13.7. The van der Waals surface area contributed by atoms with Gasteiger partial charge in [0.2, 0.25) is 0 Å². The van der Waals surface area contributed by atoms with Gasteiger partial charge in [0.1, 0.15) is 0 Å².